The Kier molecular flexibility index (Phi) is 6.17. The molecule has 1 saturated heterocycles. The summed E-state index contributed by atoms with van der Waals surface area (Å²) in [5.74, 6) is 0. The van der Waals surface area contributed by atoms with Crippen molar-refractivity contribution in [2.24, 2.45) is 5.41 Å². The van der Waals surface area contributed by atoms with Crippen LogP contribution in [0.2, 0.25) is 0 Å². The van der Waals surface area contributed by atoms with Gasteiger partial charge in [-0.25, -0.2) is 13.1 Å². The summed E-state index contributed by atoms with van der Waals surface area (Å²) in [6.45, 7) is 4.32. The third-order valence-corrected chi connectivity index (χ3v) is 5.09. The van der Waals surface area contributed by atoms with Gasteiger partial charge in [0.15, 0.2) is 0 Å². The first-order valence-corrected chi connectivity index (χ1v) is 8.14. The SMILES string of the molecule is CC1(CNS(=O)(=O)c2ccc(C#N)cc2)CCCNC1.Cl. The second-order valence-electron chi connectivity index (χ2n) is 5.55. The molecule has 1 atom stereocenters. The van der Waals surface area contributed by atoms with Crippen molar-refractivity contribution < 1.29 is 8.42 Å². The van der Waals surface area contributed by atoms with Gasteiger partial charge in [-0.1, -0.05) is 6.92 Å². The van der Waals surface area contributed by atoms with Crippen molar-refractivity contribution in [3.8, 4) is 6.07 Å². The molecule has 1 fully saturated rings. The van der Waals surface area contributed by atoms with Crippen molar-refractivity contribution in [2.75, 3.05) is 19.6 Å². The first kappa shape index (κ1) is 17.9. The minimum Gasteiger partial charge on any atom is -0.316 e. The largest absolute Gasteiger partial charge is 0.316 e. The summed E-state index contributed by atoms with van der Waals surface area (Å²) in [5.41, 5.74) is 0.408. The zero-order chi connectivity index (χ0) is 14.6. The number of nitriles is 1. The van der Waals surface area contributed by atoms with Crippen molar-refractivity contribution in [3.63, 3.8) is 0 Å². The molecule has 2 rings (SSSR count). The van der Waals surface area contributed by atoms with Gasteiger partial charge in [-0.3, -0.25) is 0 Å². The molecule has 0 spiro atoms. The van der Waals surface area contributed by atoms with Gasteiger partial charge in [0.2, 0.25) is 10.0 Å². The lowest BCUT2D eigenvalue weighted by Gasteiger charge is -2.34. The van der Waals surface area contributed by atoms with Crippen LogP contribution in [0.5, 0.6) is 0 Å². The van der Waals surface area contributed by atoms with Gasteiger partial charge < -0.3 is 5.32 Å². The van der Waals surface area contributed by atoms with E-state index in [1.54, 1.807) is 0 Å². The van der Waals surface area contributed by atoms with Crippen LogP contribution in [-0.4, -0.2) is 28.1 Å². The summed E-state index contributed by atoms with van der Waals surface area (Å²) < 4.78 is 27.1. The van der Waals surface area contributed by atoms with Crippen LogP contribution in [0.15, 0.2) is 29.2 Å². The third-order valence-electron chi connectivity index (χ3n) is 3.67. The summed E-state index contributed by atoms with van der Waals surface area (Å²) in [4.78, 5) is 0.198. The number of piperidine rings is 1. The third kappa shape index (κ3) is 4.68. The fourth-order valence-electron chi connectivity index (χ4n) is 2.33. The van der Waals surface area contributed by atoms with Gasteiger partial charge in [-0.05, 0) is 49.1 Å². The Morgan fingerprint density at radius 3 is 2.57 bits per heavy atom. The number of rotatable bonds is 4. The Balaban J connectivity index is 0.00000220. The van der Waals surface area contributed by atoms with E-state index >= 15 is 0 Å². The van der Waals surface area contributed by atoms with Crippen LogP contribution in [0, 0.1) is 16.7 Å². The average molecular weight is 330 g/mol. The van der Waals surface area contributed by atoms with E-state index in [0.717, 1.165) is 25.9 Å². The summed E-state index contributed by atoms with van der Waals surface area (Å²) in [6, 6.07) is 7.92. The molecule has 0 amide bonds. The quantitative estimate of drug-likeness (QED) is 0.880. The van der Waals surface area contributed by atoms with E-state index in [1.807, 2.05) is 6.07 Å². The van der Waals surface area contributed by atoms with Crippen LogP contribution in [0.4, 0.5) is 0 Å². The molecular formula is C14H20ClN3O2S. The second kappa shape index (κ2) is 7.23. The van der Waals surface area contributed by atoms with Crippen molar-refractivity contribution in [1.29, 1.82) is 5.26 Å². The second-order valence-corrected chi connectivity index (χ2v) is 7.32. The van der Waals surface area contributed by atoms with Crippen LogP contribution < -0.4 is 10.0 Å². The summed E-state index contributed by atoms with van der Waals surface area (Å²) in [5, 5.41) is 12.0. The van der Waals surface area contributed by atoms with Gasteiger partial charge in [-0.15, -0.1) is 12.4 Å². The summed E-state index contributed by atoms with van der Waals surface area (Å²) >= 11 is 0. The summed E-state index contributed by atoms with van der Waals surface area (Å²) in [7, 11) is -3.51. The molecule has 5 nitrogen and oxygen atoms in total. The van der Waals surface area contributed by atoms with E-state index in [4.69, 9.17) is 5.26 Å². The molecule has 1 heterocycles. The van der Waals surface area contributed by atoms with Crippen LogP contribution >= 0.6 is 12.4 Å². The number of nitrogens with zero attached hydrogens (tertiary/aromatic N) is 1. The monoisotopic (exact) mass is 329 g/mol. The molecule has 0 bridgehead atoms. The lowest BCUT2D eigenvalue weighted by atomic mass is 9.83. The van der Waals surface area contributed by atoms with Crippen molar-refractivity contribution in [2.45, 2.75) is 24.7 Å². The van der Waals surface area contributed by atoms with E-state index in [9.17, 15) is 8.42 Å². The van der Waals surface area contributed by atoms with E-state index in [2.05, 4.69) is 17.0 Å². The Morgan fingerprint density at radius 2 is 2.05 bits per heavy atom. The number of hydrogen-bond donors (Lipinski definition) is 2. The molecule has 0 saturated carbocycles. The zero-order valence-corrected chi connectivity index (χ0v) is 13.6. The number of hydrogen-bond acceptors (Lipinski definition) is 4. The van der Waals surface area contributed by atoms with Gasteiger partial charge in [0.1, 0.15) is 0 Å². The number of halogens is 1. The molecule has 2 N–H and O–H groups in total. The Bertz CT molecular complexity index is 602. The predicted octanol–water partition coefficient (Wildman–Crippen LogP) is 1.65. The highest BCUT2D eigenvalue weighted by Gasteiger charge is 2.28. The maximum absolute atomic E-state index is 12.2. The highest BCUT2D eigenvalue weighted by Crippen LogP contribution is 2.25. The van der Waals surface area contributed by atoms with Gasteiger partial charge >= 0.3 is 0 Å². The number of nitrogens with one attached hydrogen (secondary N) is 2. The molecule has 1 aliphatic rings. The molecule has 116 valence electrons. The summed E-state index contributed by atoms with van der Waals surface area (Å²) in [6.07, 6.45) is 2.07. The minimum absolute atomic E-state index is 0. The van der Waals surface area contributed by atoms with E-state index in [0.29, 0.717) is 12.1 Å². The Hall–Kier alpha value is -1.13. The minimum atomic E-state index is -3.51. The molecule has 0 radical (unpaired) electrons. The zero-order valence-electron chi connectivity index (χ0n) is 11.9. The lowest BCUT2D eigenvalue weighted by Crippen LogP contribution is -2.45. The number of sulfonamides is 1. The Morgan fingerprint density at radius 1 is 1.38 bits per heavy atom. The average Bonchev–Trinajstić information content (AvgIpc) is 2.46. The molecule has 7 heteroatoms. The molecule has 1 aromatic carbocycles. The molecule has 0 aromatic heterocycles. The highest BCUT2D eigenvalue weighted by atomic mass is 35.5. The molecule has 1 aliphatic heterocycles. The molecule has 0 aliphatic carbocycles. The first-order valence-electron chi connectivity index (χ1n) is 6.66. The molecule has 1 unspecified atom stereocenters. The van der Waals surface area contributed by atoms with Crippen molar-refractivity contribution >= 4 is 22.4 Å². The molecular weight excluding hydrogens is 310 g/mol. The van der Waals surface area contributed by atoms with Crippen LogP contribution in [-0.2, 0) is 10.0 Å². The fourth-order valence-corrected chi connectivity index (χ4v) is 3.53. The normalized spacial score (nSPS) is 22.1. The van der Waals surface area contributed by atoms with Gasteiger partial charge in [-0.2, -0.15) is 5.26 Å². The van der Waals surface area contributed by atoms with Crippen LogP contribution in [0.3, 0.4) is 0 Å². The van der Waals surface area contributed by atoms with Crippen molar-refractivity contribution in [1.82, 2.24) is 10.0 Å². The predicted molar refractivity (Wildman–Crippen MR) is 83.8 cm³/mol. The lowest BCUT2D eigenvalue weighted by molar-refractivity contribution is 0.238. The first-order chi connectivity index (χ1) is 9.45. The van der Waals surface area contributed by atoms with Gasteiger partial charge in [0, 0.05) is 13.1 Å². The van der Waals surface area contributed by atoms with Crippen molar-refractivity contribution in [3.05, 3.63) is 29.8 Å². The smallest absolute Gasteiger partial charge is 0.240 e. The maximum atomic E-state index is 12.2. The van der Waals surface area contributed by atoms with E-state index in [1.165, 1.54) is 24.3 Å². The standard InChI is InChI=1S/C14H19N3O2S.ClH/c1-14(7-2-8-16-10-14)11-17-20(18,19)13-5-3-12(9-15)4-6-13;/h3-6,16-17H,2,7-8,10-11H2,1H3;1H. The van der Waals surface area contributed by atoms with E-state index in [-0.39, 0.29) is 22.7 Å². The Labute approximate surface area is 132 Å². The van der Waals surface area contributed by atoms with Gasteiger partial charge in [0.05, 0.1) is 16.5 Å². The highest BCUT2D eigenvalue weighted by molar-refractivity contribution is 7.89. The number of benzene rings is 1. The maximum Gasteiger partial charge on any atom is 0.240 e. The topological polar surface area (TPSA) is 82.0 Å². The van der Waals surface area contributed by atoms with Gasteiger partial charge in [0.25, 0.3) is 0 Å². The van der Waals surface area contributed by atoms with Crippen LogP contribution in [0.25, 0.3) is 0 Å². The fraction of sp³-hybridized carbons (Fsp3) is 0.500. The molecule has 21 heavy (non-hydrogen) atoms. The molecule has 1 aromatic rings. The van der Waals surface area contributed by atoms with E-state index < -0.39 is 10.0 Å². The van der Waals surface area contributed by atoms with Crippen LogP contribution in [0.1, 0.15) is 25.3 Å².